The first-order valence-corrected chi connectivity index (χ1v) is 6.19. The third-order valence-corrected chi connectivity index (χ3v) is 2.71. The summed E-state index contributed by atoms with van der Waals surface area (Å²) in [5.74, 6) is -2.98. The van der Waals surface area contributed by atoms with Crippen LogP contribution in [0.15, 0.2) is 24.3 Å². The van der Waals surface area contributed by atoms with Crippen LogP contribution in [-0.2, 0) is 4.79 Å². The second kappa shape index (κ2) is 6.70. The number of carbonyl (C=O) groups is 3. The van der Waals surface area contributed by atoms with Crippen LogP contribution in [0.1, 0.15) is 41.0 Å². The number of carbonyl (C=O) groups excluding carboxylic acids is 1. The average molecular weight is 279 g/mol. The van der Waals surface area contributed by atoms with E-state index in [0.717, 1.165) is 0 Å². The molecule has 6 heteroatoms. The van der Waals surface area contributed by atoms with Crippen LogP contribution >= 0.6 is 0 Å². The van der Waals surface area contributed by atoms with Crippen LogP contribution in [0.4, 0.5) is 0 Å². The number of carboxylic acids is 2. The number of hydrogen-bond donors (Lipinski definition) is 3. The largest absolute Gasteiger partial charge is 0.480 e. The summed E-state index contributed by atoms with van der Waals surface area (Å²) in [4.78, 5) is 34.1. The summed E-state index contributed by atoms with van der Waals surface area (Å²) in [5.41, 5.74) is -0.200. The molecule has 0 spiro atoms. The van der Waals surface area contributed by atoms with Crippen LogP contribution in [0, 0.1) is 5.92 Å². The Morgan fingerprint density at radius 2 is 1.65 bits per heavy atom. The number of hydrogen-bond acceptors (Lipinski definition) is 3. The first-order chi connectivity index (χ1) is 9.32. The van der Waals surface area contributed by atoms with Crippen LogP contribution < -0.4 is 5.32 Å². The Morgan fingerprint density at radius 3 is 2.10 bits per heavy atom. The molecule has 0 bridgehead atoms. The molecule has 1 atom stereocenters. The Labute approximate surface area is 116 Å². The molecule has 20 heavy (non-hydrogen) atoms. The molecule has 0 aromatic heterocycles. The van der Waals surface area contributed by atoms with Gasteiger partial charge in [-0.1, -0.05) is 26.0 Å². The minimum atomic E-state index is -1.23. The molecule has 108 valence electrons. The van der Waals surface area contributed by atoms with Crippen molar-refractivity contribution in [1.29, 1.82) is 0 Å². The highest BCUT2D eigenvalue weighted by atomic mass is 16.4. The minimum Gasteiger partial charge on any atom is -0.480 e. The fourth-order valence-electron chi connectivity index (χ4n) is 1.80. The lowest BCUT2D eigenvalue weighted by Crippen LogP contribution is -2.42. The fourth-order valence-corrected chi connectivity index (χ4v) is 1.80. The summed E-state index contributed by atoms with van der Waals surface area (Å²) in [6.07, 6.45) is 0.274. The second-order valence-corrected chi connectivity index (χ2v) is 4.84. The van der Waals surface area contributed by atoms with E-state index >= 15 is 0 Å². The molecule has 0 saturated heterocycles. The molecule has 1 unspecified atom stereocenters. The van der Waals surface area contributed by atoms with Crippen LogP contribution in [0.2, 0.25) is 0 Å². The van der Waals surface area contributed by atoms with Gasteiger partial charge in [0.05, 0.1) is 11.1 Å². The van der Waals surface area contributed by atoms with Crippen molar-refractivity contribution in [2.24, 2.45) is 5.92 Å². The van der Waals surface area contributed by atoms with Crippen LogP contribution in [-0.4, -0.2) is 34.1 Å². The van der Waals surface area contributed by atoms with Gasteiger partial charge in [-0.3, -0.25) is 4.79 Å². The van der Waals surface area contributed by atoms with E-state index in [4.69, 9.17) is 10.2 Å². The molecule has 6 nitrogen and oxygen atoms in total. The number of aromatic carboxylic acids is 1. The van der Waals surface area contributed by atoms with Crippen molar-refractivity contribution in [1.82, 2.24) is 5.32 Å². The normalized spacial score (nSPS) is 11.9. The highest BCUT2D eigenvalue weighted by molar-refractivity contribution is 6.05. The van der Waals surface area contributed by atoms with E-state index in [2.05, 4.69) is 5.32 Å². The smallest absolute Gasteiger partial charge is 0.336 e. The topological polar surface area (TPSA) is 104 Å². The number of benzene rings is 1. The third-order valence-electron chi connectivity index (χ3n) is 2.71. The van der Waals surface area contributed by atoms with Gasteiger partial charge >= 0.3 is 11.9 Å². The van der Waals surface area contributed by atoms with E-state index in [0.29, 0.717) is 0 Å². The van der Waals surface area contributed by atoms with Crippen molar-refractivity contribution < 1.29 is 24.6 Å². The Morgan fingerprint density at radius 1 is 1.10 bits per heavy atom. The summed E-state index contributed by atoms with van der Waals surface area (Å²) in [5, 5.41) is 20.4. The number of rotatable bonds is 6. The zero-order chi connectivity index (χ0) is 15.3. The minimum absolute atomic E-state index is 0.0463. The Balaban J connectivity index is 2.95. The SMILES string of the molecule is CC(C)CC(NC(=O)c1ccccc1C(=O)O)C(=O)O. The molecule has 0 heterocycles. The van der Waals surface area contributed by atoms with Crippen molar-refractivity contribution in [3.05, 3.63) is 35.4 Å². The van der Waals surface area contributed by atoms with Crippen LogP contribution in [0.25, 0.3) is 0 Å². The van der Waals surface area contributed by atoms with E-state index in [-0.39, 0.29) is 23.5 Å². The van der Waals surface area contributed by atoms with Crippen molar-refractivity contribution in [3.8, 4) is 0 Å². The summed E-state index contributed by atoms with van der Waals surface area (Å²) >= 11 is 0. The molecule has 1 aromatic rings. The maximum atomic E-state index is 12.0. The molecule has 3 N–H and O–H groups in total. The molecule has 0 aliphatic rings. The number of nitrogens with one attached hydrogen (secondary N) is 1. The zero-order valence-corrected chi connectivity index (χ0v) is 11.3. The number of aliphatic carboxylic acids is 1. The first kappa shape index (κ1) is 15.7. The van der Waals surface area contributed by atoms with Gasteiger partial charge < -0.3 is 15.5 Å². The number of carboxylic acid groups (broad SMARTS) is 2. The first-order valence-electron chi connectivity index (χ1n) is 6.19. The van der Waals surface area contributed by atoms with E-state index in [1.165, 1.54) is 24.3 Å². The van der Waals surface area contributed by atoms with Crippen molar-refractivity contribution >= 4 is 17.8 Å². The van der Waals surface area contributed by atoms with Crippen molar-refractivity contribution in [2.45, 2.75) is 26.3 Å². The molecule has 0 fully saturated rings. The van der Waals surface area contributed by atoms with Gasteiger partial charge in [-0.15, -0.1) is 0 Å². The molecule has 0 aliphatic carbocycles. The summed E-state index contributed by atoms with van der Waals surface area (Å²) in [6.45, 7) is 3.68. The Hall–Kier alpha value is -2.37. The van der Waals surface area contributed by atoms with Crippen molar-refractivity contribution in [3.63, 3.8) is 0 Å². The lowest BCUT2D eigenvalue weighted by atomic mass is 10.0. The van der Waals surface area contributed by atoms with E-state index in [1.807, 2.05) is 13.8 Å². The highest BCUT2D eigenvalue weighted by Crippen LogP contribution is 2.11. The fraction of sp³-hybridized carbons (Fsp3) is 0.357. The average Bonchev–Trinajstić information content (AvgIpc) is 2.37. The molecule has 0 saturated carbocycles. The van der Waals surface area contributed by atoms with E-state index in [9.17, 15) is 14.4 Å². The summed E-state index contributed by atoms with van der Waals surface area (Å²) in [6, 6.07) is 4.65. The molecule has 0 aliphatic heterocycles. The maximum absolute atomic E-state index is 12.0. The standard InChI is InChI=1S/C14H17NO5/c1-8(2)7-11(14(19)20)15-12(16)9-5-3-4-6-10(9)13(17)18/h3-6,8,11H,7H2,1-2H3,(H,15,16)(H,17,18)(H,19,20). The van der Waals surface area contributed by atoms with Gasteiger partial charge in [0.25, 0.3) is 5.91 Å². The van der Waals surface area contributed by atoms with Gasteiger partial charge in [-0.2, -0.15) is 0 Å². The van der Waals surface area contributed by atoms with Gasteiger partial charge in [0.15, 0.2) is 0 Å². The van der Waals surface area contributed by atoms with Gasteiger partial charge in [0.2, 0.25) is 0 Å². The second-order valence-electron chi connectivity index (χ2n) is 4.84. The molecule has 0 radical (unpaired) electrons. The zero-order valence-electron chi connectivity index (χ0n) is 11.3. The maximum Gasteiger partial charge on any atom is 0.336 e. The predicted octanol–water partition coefficient (Wildman–Crippen LogP) is 1.61. The molecule has 1 aromatic carbocycles. The van der Waals surface area contributed by atoms with Gasteiger partial charge in [0, 0.05) is 0 Å². The molecular weight excluding hydrogens is 262 g/mol. The quantitative estimate of drug-likeness (QED) is 0.734. The monoisotopic (exact) mass is 279 g/mol. The third kappa shape index (κ3) is 4.08. The van der Waals surface area contributed by atoms with E-state index in [1.54, 1.807) is 0 Å². The predicted molar refractivity (Wildman–Crippen MR) is 71.7 cm³/mol. The Bertz CT molecular complexity index is 524. The summed E-state index contributed by atoms with van der Waals surface area (Å²) in [7, 11) is 0. The molecule has 1 amide bonds. The van der Waals surface area contributed by atoms with Gasteiger partial charge in [0.1, 0.15) is 6.04 Å². The summed E-state index contributed by atoms with van der Waals surface area (Å²) < 4.78 is 0. The highest BCUT2D eigenvalue weighted by Gasteiger charge is 2.23. The van der Waals surface area contributed by atoms with Crippen LogP contribution in [0.3, 0.4) is 0 Å². The lowest BCUT2D eigenvalue weighted by molar-refractivity contribution is -0.139. The van der Waals surface area contributed by atoms with E-state index < -0.39 is 23.9 Å². The van der Waals surface area contributed by atoms with Crippen molar-refractivity contribution in [2.75, 3.05) is 0 Å². The molecule has 1 rings (SSSR count). The lowest BCUT2D eigenvalue weighted by Gasteiger charge is -2.17. The Kier molecular flexibility index (Phi) is 5.25. The van der Waals surface area contributed by atoms with Crippen LogP contribution in [0.5, 0.6) is 0 Å². The van der Waals surface area contributed by atoms with Gasteiger partial charge in [-0.05, 0) is 24.5 Å². The molecular formula is C14H17NO5. The van der Waals surface area contributed by atoms with Gasteiger partial charge in [-0.25, -0.2) is 9.59 Å². The number of amides is 1.